The lowest BCUT2D eigenvalue weighted by Gasteiger charge is -2.14. The Morgan fingerprint density at radius 1 is 0.929 bits per heavy atom. The minimum atomic E-state index is -4.57. The van der Waals surface area contributed by atoms with Crippen LogP contribution >= 0.6 is 0 Å². The number of anilines is 2. The van der Waals surface area contributed by atoms with Crippen molar-refractivity contribution in [3.8, 4) is 11.6 Å². The monoisotopic (exact) mass is 397 g/mol. The number of alkyl halides is 3. The molecule has 154 valence electrons. The van der Waals surface area contributed by atoms with Crippen molar-refractivity contribution in [2.24, 2.45) is 0 Å². The van der Waals surface area contributed by atoms with Crippen LogP contribution < -0.4 is 14.8 Å². The van der Waals surface area contributed by atoms with Gasteiger partial charge in [0.2, 0.25) is 11.8 Å². The lowest BCUT2D eigenvalue weighted by molar-refractivity contribution is -0.139. The first-order chi connectivity index (χ1) is 13.4. The summed E-state index contributed by atoms with van der Waals surface area (Å²) < 4.78 is 50.4. The van der Waals surface area contributed by atoms with Gasteiger partial charge in [-0.15, -0.1) is 0 Å². The molecule has 0 aliphatic heterocycles. The van der Waals surface area contributed by atoms with Gasteiger partial charge in [0, 0.05) is 11.9 Å². The molecule has 1 aromatic carbocycles. The van der Waals surface area contributed by atoms with Gasteiger partial charge in [-0.25, -0.2) is 4.98 Å². The Morgan fingerprint density at radius 2 is 1.61 bits per heavy atom. The summed E-state index contributed by atoms with van der Waals surface area (Å²) in [7, 11) is 0. The Morgan fingerprint density at radius 3 is 2.25 bits per heavy atom. The predicted molar refractivity (Wildman–Crippen MR) is 102 cm³/mol. The maximum absolute atomic E-state index is 13.2. The molecule has 1 N–H and O–H groups in total. The SMILES string of the molecule is CCCCCOc1nc(Nc2ccc(OCCCC)cc2)ncc1C(F)(F)F. The van der Waals surface area contributed by atoms with Crippen LogP contribution in [0.25, 0.3) is 0 Å². The van der Waals surface area contributed by atoms with Crippen LogP contribution in [0, 0.1) is 0 Å². The topological polar surface area (TPSA) is 56.3 Å². The van der Waals surface area contributed by atoms with Crippen LogP contribution in [0.3, 0.4) is 0 Å². The number of ether oxygens (including phenoxy) is 2. The molecule has 8 heteroatoms. The molecule has 0 saturated carbocycles. The van der Waals surface area contributed by atoms with Gasteiger partial charge in [-0.05, 0) is 37.1 Å². The van der Waals surface area contributed by atoms with Crippen LogP contribution in [0.2, 0.25) is 0 Å². The van der Waals surface area contributed by atoms with E-state index in [0.29, 0.717) is 18.7 Å². The molecule has 1 heterocycles. The molecule has 28 heavy (non-hydrogen) atoms. The highest BCUT2D eigenvalue weighted by Crippen LogP contribution is 2.35. The molecule has 1 aromatic heterocycles. The molecule has 0 saturated heterocycles. The third kappa shape index (κ3) is 6.90. The molecule has 2 aromatic rings. The van der Waals surface area contributed by atoms with E-state index in [1.54, 1.807) is 24.3 Å². The van der Waals surface area contributed by atoms with Gasteiger partial charge in [-0.2, -0.15) is 18.2 Å². The van der Waals surface area contributed by atoms with E-state index in [2.05, 4.69) is 22.2 Å². The van der Waals surface area contributed by atoms with Gasteiger partial charge in [-0.1, -0.05) is 33.1 Å². The Labute approximate surface area is 163 Å². The van der Waals surface area contributed by atoms with Crippen molar-refractivity contribution in [2.45, 2.75) is 52.1 Å². The van der Waals surface area contributed by atoms with Gasteiger partial charge in [-0.3, -0.25) is 0 Å². The first-order valence-corrected chi connectivity index (χ1v) is 9.51. The van der Waals surface area contributed by atoms with E-state index in [9.17, 15) is 13.2 Å². The molecule has 0 radical (unpaired) electrons. The normalized spacial score (nSPS) is 11.3. The van der Waals surface area contributed by atoms with E-state index in [0.717, 1.165) is 37.6 Å². The second-order valence-electron chi connectivity index (χ2n) is 6.32. The van der Waals surface area contributed by atoms with E-state index < -0.39 is 17.6 Å². The van der Waals surface area contributed by atoms with Crippen LogP contribution in [-0.4, -0.2) is 23.2 Å². The maximum Gasteiger partial charge on any atom is 0.423 e. The summed E-state index contributed by atoms with van der Waals surface area (Å²) in [5, 5.41) is 2.89. The highest BCUT2D eigenvalue weighted by Gasteiger charge is 2.36. The number of benzene rings is 1. The van der Waals surface area contributed by atoms with Crippen LogP contribution in [-0.2, 0) is 6.18 Å². The zero-order chi connectivity index (χ0) is 20.4. The van der Waals surface area contributed by atoms with Gasteiger partial charge in [0.05, 0.1) is 13.2 Å². The van der Waals surface area contributed by atoms with E-state index in [-0.39, 0.29) is 12.6 Å². The number of nitrogens with zero attached hydrogens (tertiary/aromatic N) is 2. The summed E-state index contributed by atoms with van der Waals surface area (Å²) >= 11 is 0. The van der Waals surface area contributed by atoms with E-state index in [1.807, 2.05) is 6.92 Å². The zero-order valence-corrected chi connectivity index (χ0v) is 16.2. The Bertz CT molecular complexity index is 722. The predicted octanol–water partition coefficient (Wildman–Crippen LogP) is 5.99. The van der Waals surface area contributed by atoms with Crippen molar-refractivity contribution in [2.75, 3.05) is 18.5 Å². The van der Waals surface area contributed by atoms with Crippen LogP contribution in [0.4, 0.5) is 24.8 Å². The summed E-state index contributed by atoms with van der Waals surface area (Å²) in [6.45, 7) is 4.91. The minimum absolute atomic E-state index is 0.0399. The average Bonchev–Trinajstić information content (AvgIpc) is 2.66. The third-order valence-corrected chi connectivity index (χ3v) is 3.92. The summed E-state index contributed by atoms with van der Waals surface area (Å²) in [6, 6.07) is 7.07. The van der Waals surface area contributed by atoms with Gasteiger partial charge >= 0.3 is 6.18 Å². The molecule has 5 nitrogen and oxygen atoms in total. The number of unbranched alkanes of at least 4 members (excludes halogenated alkanes) is 3. The minimum Gasteiger partial charge on any atom is -0.494 e. The standard InChI is InChI=1S/C20H26F3N3O2/c1-3-5-7-13-28-18-17(20(21,22)23)14-24-19(26-18)25-15-8-10-16(11-9-15)27-12-6-4-2/h8-11,14H,3-7,12-13H2,1-2H3,(H,24,25,26). The summed E-state index contributed by atoms with van der Waals surface area (Å²) in [6.07, 6.45) is 0.686. The molecular weight excluding hydrogens is 371 g/mol. The number of aromatic nitrogens is 2. The van der Waals surface area contributed by atoms with Crippen molar-refractivity contribution in [3.63, 3.8) is 0 Å². The van der Waals surface area contributed by atoms with Crippen molar-refractivity contribution < 1.29 is 22.6 Å². The summed E-state index contributed by atoms with van der Waals surface area (Å²) in [4.78, 5) is 7.69. The quantitative estimate of drug-likeness (QED) is 0.472. The number of hydrogen-bond donors (Lipinski definition) is 1. The Hall–Kier alpha value is -2.51. The molecule has 0 aliphatic rings. The number of nitrogens with one attached hydrogen (secondary N) is 1. The average molecular weight is 397 g/mol. The van der Waals surface area contributed by atoms with Crippen molar-refractivity contribution >= 4 is 11.6 Å². The molecule has 0 aliphatic carbocycles. The van der Waals surface area contributed by atoms with Gasteiger partial charge in [0.25, 0.3) is 0 Å². The van der Waals surface area contributed by atoms with E-state index in [1.165, 1.54) is 0 Å². The Kier molecular flexibility index (Phi) is 8.35. The molecule has 0 bridgehead atoms. The molecule has 0 unspecified atom stereocenters. The lowest BCUT2D eigenvalue weighted by atomic mass is 10.2. The van der Waals surface area contributed by atoms with Gasteiger partial charge in [0.15, 0.2) is 0 Å². The first kappa shape index (κ1) is 21.8. The first-order valence-electron chi connectivity index (χ1n) is 9.51. The summed E-state index contributed by atoms with van der Waals surface area (Å²) in [5.74, 6) is 0.311. The zero-order valence-electron chi connectivity index (χ0n) is 16.2. The van der Waals surface area contributed by atoms with Crippen molar-refractivity contribution in [1.82, 2.24) is 9.97 Å². The fraction of sp³-hybridized carbons (Fsp3) is 0.500. The van der Waals surface area contributed by atoms with E-state index in [4.69, 9.17) is 9.47 Å². The molecule has 0 fully saturated rings. The lowest BCUT2D eigenvalue weighted by Crippen LogP contribution is -2.13. The fourth-order valence-electron chi connectivity index (χ4n) is 2.35. The van der Waals surface area contributed by atoms with E-state index >= 15 is 0 Å². The Balaban J connectivity index is 2.08. The molecule has 2 rings (SSSR count). The number of rotatable bonds is 11. The van der Waals surface area contributed by atoms with Crippen LogP contribution in [0.1, 0.15) is 51.5 Å². The second kappa shape index (κ2) is 10.7. The molecular formula is C20H26F3N3O2. The van der Waals surface area contributed by atoms with Crippen LogP contribution in [0.15, 0.2) is 30.5 Å². The molecule has 0 amide bonds. The summed E-state index contributed by atoms with van der Waals surface area (Å²) in [5.41, 5.74) is -0.339. The largest absolute Gasteiger partial charge is 0.494 e. The second-order valence-corrected chi connectivity index (χ2v) is 6.32. The van der Waals surface area contributed by atoms with Gasteiger partial charge in [0.1, 0.15) is 11.3 Å². The molecule has 0 atom stereocenters. The molecule has 0 spiro atoms. The van der Waals surface area contributed by atoms with Crippen molar-refractivity contribution in [3.05, 3.63) is 36.0 Å². The number of hydrogen-bond acceptors (Lipinski definition) is 5. The number of halogens is 3. The maximum atomic E-state index is 13.2. The third-order valence-electron chi connectivity index (χ3n) is 3.92. The van der Waals surface area contributed by atoms with Gasteiger partial charge < -0.3 is 14.8 Å². The highest BCUT2D eigenvalue weighted by atomic mass is 19.4. The highest BCUT2D eigenvalue weighted by molar-refractivity contribution is 5.55. The van der Waals surface area contributed by atoms with Crippen molar-refractivity contribution in [1.29, 1.82) is 0 Å². The smallest absolute Gasteiger partial charge is 0.423 e. The fourth-order valence-corrected chi connectivity index (χ4v) is 2.35. The van der Waals surface area contributed by atoms with Crippen LogP contribution in [0.5, 0.6) is 11.6 Å².